The number of nitrogens with zero attached hydrogens (tertiary/aromatic N) is 3. The van der Waals surface area contributed by atoms with Gasteiger partial charge in [-0.3, -0.25) is 0 Å². The van der Waals surface area contributed by atoms with Gasteiger partial charge in [-0.2, -0.15) is 12.8 Å². The Morgan fingerprint density at radius 3 is 2.71 bits per heavy atom. The smallest absolute Gasteiger partial charge is 0.312 e. The van der Waals surface area contributed by atoms with Crippen molar-refractivity contribution < 1.29 is 13.5 Å². The maximum Gasteiger partial charge on any atom is 0.312 e. The number of aromatic nitrogens is 2. The third-order valence-electron chi connectivity index (χ3n) is 1.63. The summed E-state index contributed by atoms with van der Waals surface area (Å²) in [4.78, 5) is 3.85. The van der Waals surface area contributed by atoms with Crippen LogP contribution in [0.3, 0.4) is 0 Å². The van der Waals surface area contributed by atoms with Crippen LogP contribution in [0, 0.1) is 6.92 Å². The van der Waals surface area contributed by atoms with Crippen molar-refractivity contribution in [1.29, 1.82) is 0 Å². The molecule has 0 aliphatic carbocycles. The van der Waals surface area contributed by atoms with E-state index in [4.69, 9.17) is 10.2 Å². The number of nitrogens with two attached hydrogens (primary N) is 1. The number of aryl methyl sites for hydroxylation is 1. The number of rotatable bonds is 4. The summed E-state index contributed by atoms with van der Waals surface area (Å²) in [5.41, 5.74) is 0. The molecule has 0 atom stereocenters. The molecule has 14 heavy (non-hydrogen) atoms. The van der Waals surface area contributed by atoms with Gasteiger partial charge in [0.1, 0.15) is 5.82 Å². The summed E-state index contributed by atoms with van der Waals surface area (Å²) in [6.07, 6.45) is 2.90. The fraction of sp³-hybridized carbons (Fsp3) is 0.500. The highest BCUT2D eigenvalue weighted by molar-refractivity contribution is 7.90. The van der Waals surface area contributed by atoms with Gasteiger partial charge in [-0.1, -0.05) is 0 Å². The quantitative estimate of drug-likeness (QED) is 0.633. The SMILES string of the molecule is Cc1nccn1N(CCO)S(N)(=O)=O. The molecule has 3 N–H and O–H groups in total. The van der Waals surface area contributed by atoms with Crippen molar-refractivity contribution in [2.24, 2.45) is 5.14 Å². The van der Waals surface area contributed by atoms with Gasteiger partial charge in [-0.25, -0.2) is 14.8 Å². The second-order valence-corrected chi connectivity index (χ2v) is 4.08. The van der Waals surface area contributed by atoms with Crippen LogP contribution in [0.4, 0.5) is 0 Å². The number of aliphatic hydroxyl groups is 1. The Morgan fingerprint density at radius 1 is 1.71 bits per heavy atom. The Bertz CT molecular complexity index is 399. The normalized spacial score (nSPS) is 11.6. The molecule has 80 valence electrons. The van der Waals surface area contributed by atoms with E-state index in [0.717, 1.165) is 4.41 Å². The van der Waals surface area contributed by atoms with Gasteiger partial charge in [0.15, 0.2) is 0 Å². The van der Waals surface area contributed by atoms with Gasteiger partial charge in [0, 0.05) is 12.4 Å². The molecule has 0 aliphatic heterocycles. The lowest BCUT2D eigenvalue weighted by atomic mass is 10.7. The Morgan fingerprint density at radius 2 is 2.36 bits per heavy atom. The molecule has 0 unspecified atom stereocenters. The van der Waals surface area contributed by atoms with Crippen molar-refractivity contribution in [2.45, 2.75) is 6.92 Å². The number of aliphatic hydroxyl groups excluding tert-OH is 1. The number of hydrogen-bond donors (Lipinski definition) is 2. The van der Waals surface area contributed by atoms with E-state index in [1.165, 1.54) is 17.1 Å². The zero-order chi connectivity index (χ0) is 10.8. The van der Waals surface area contributed by atoms with Crippen LogP contribution in [0.15, 0.2) is 12.4 Å². The summed E-state index contributed by atoms with van der Waals surface area (Å²) in [5, 5.41) is 13.7. The summed E-state index contributed by atoms with van der Waals surface area (Å²) in [6, 6.07) is 0. The summed E-state index contributed by atoms with van der Waals surface area (Å²) in [6.45, 7) is 1.22. The topological polar surface area (TPSA) is 101 Å². The molecule has 1 rings (SSSR count). The summed E-state index contributed by atoms with van der Waals surface area (Å²) in [7, 11) is -3.88. The lowest BCUT2D eigenvalue weighted by Crippen LogP contribution is -2.46. The van der Waals surface area contributed by atoms with Gasteiger partial charge < -0.3 is 5.11 Å². The lowest BCUT2D eigenvalue weighted by Gasteiger charge is -2.22. The minimum absolute atomic E-state index is 0.101. The van der Waals surface area contributed by atoms with E-state index in [9.17, 15) is 8.42 Å². The van der Waals surface area contributed by atoms with Crippen molar-refractivity contribution in [3.8, 4) is 0 Å². The van der Waals surface area contributed by atoms with Crippen molar-refractivity contribution in [2.75, 3.05) is 17.6 Å². The lowest BCUT2D eigenvalue weighted by molar-refractivity contribution is 0.299. The summed E-state index contributed by atoms with van der Waals surface area (Å²) < 4.78 is 24.3. The molecule has 0 saturated carbocycles. The van der Waals surface area contributed by atoms with Crippen LogP contribution in [-0.2, 0) is 10.2 Å². The van der Waals surface area contributed by atoms with Gasteiger partial charge in [0.05, 0.1) is 13.2 Å². The Hall–Kier alpha value is -1.12. The number of imidazole rings is 1. The van der Waals surface area contributed by atoms with Gasteiger partial charge >= 0.3 is 10.2 Å². The first kappa shape index (κ1) is 11.0. The maximum atomic E-state index is 11.1. The van der Waals surface area contributed by atoms with Gasteiger partial charge in [-0.05, 0) is 6.92 Å². The molecular weight excluding hydrogens is 208 g/mol. The van der Waals surface area contributed by atoms with Crippen molar-refractivity contribution in [1.82, 2.24) is 9.66 Å². The van der Waals surface area contributed by atoms with Crippen LogP contribution < -0.4 is 9.55 Å². The van der Waals surface area contributed by atoms with Gasteiger partial charge in [-0.15, -0.1) is 0 Å². The average molecular weight is 220 g/mol. The third-order valence-corrected chi connectivity index (χ3v) is 2.57. The van der Waals surface area contributed by atoms with Gasteiger partial charge in [0.25, 0.3) is 0 Å². The number of hydrogen-bond acceptors (Lipinski definition) is 4. The van der Waals surface area contributed by atoms with Crippen molar-refractivity contribution >= 4 is 10.2 Å². The van der Waals surface area contributed by atoms with Crippen molar-refractivity contribution in [3.63, 3.8) is 0 Å². The van der Waals surface area contributed by atoms with Gasteiger partial charge in [0.2, 0.25) is 0 Å². The molecule has 0 bridgehead atoms. The van der Waals surface area contributed by atoms with E-state index in [2.05, 4.69) is 4.98 Å². The van der Waals surface area contributed by atoms with E-state index in [-0.39, 0.29) is 13.2 Å². The van der Waals surface area contributed by atoms with E-state index in [1.807, 2.05) is 0 Å². The van der Waals surface area contributed by atoms with Crippen LogP contribution in [0.1, 0.15) is 5.82 Å². The second kappa shape index (κ2) is 3.95. The standard InChI is InChI=1S/C6H12N4O3S/c1-6-8-2-3-9(6)10(4-5-11)14(7,12)13/h2-3,11H,4-5H2,1H3,(H2,7,12,13). The predicted octanol–water partition coefficient (Wildman–Crippen LogP) is -1.67. The highest BCUT2D eigenvalue weighted by Gasteiger charge is 2.17. The molecule has 1 heterocycles. The molecule has 0 spiro atoms. The highest BCUT2D eigenvalue weighted by Crippen LogP contribution is 2.00. The van der Waals surface area contributed by atoms with E-state index in [0.29, 0.717) is 5.82 Å². The van der Waals surface area contributed by atoms with Crippen LogP contribution in [0.25, 0.3) is 0 Å². The molecule has 1 aromatic rings. The molecule has 0 fully saturated rings. The minimum atomic E-state index is -3.88. The molecular formula is C6H12N4O3S. The first-order valence-corrected chi connectivity index (χ1v) is 5.38. The monoisotopic (exact) mass is 220 g/mol. The highest BCUT2D eigenvalue weighted by atomic mass is 32.2. The Balaban J connectivity index is 3.07. The molecule has 8 heteroatoms. The predicted molar refractivity (Wildman–Crippen MR) is 50.2 cm³/mol. The molecule has 1 aromatic heterocycles. The fourth-order valence-electron chi connectivity index (χ4n) is 1.05. The van der Waals surface area contributed by atoms with Crippen LogP contribution in [-0.4, -0.2) is 36.3 Å². The summed E-state index contributed by atoms with van der Waals surface area (Å²) in [5.74, 6) is 0.479. The molecule has 0 radical (unpaired) electrons. The Kier molecular flexibility index (Phi) is 3.09. The fourth-order valence-corrected chi connectivity index (χ4v) is 1.80. The van der Waals surface area contributed by atoms with Crippen LogP contribution in [0.5, 0.6) is 0 Å². The summed E-state index contributed by atoms with van der Waals surface area (Å²) >= 11 is 0. The minimum Gasteiger partial charge on any atom is -0.394 e. The molecule has 0 amide bonds. The maximum absolute atomic E-state index is 11.1. The zero-order valence-electron chi connectivity index (χ0n) is 7.66. The average Bonchev–Trinajstić information content (AvgIpc) is 2.45. The molecule has 7 nitrogen and oxygen atoms in total. The van der Waals surface area contributed by atoms with E-state index < -0.39 is 10.2 Å². The van der Waals surface area contributed by atoms with E-state index >= 15 is 0 Å². The van der Waals surface area contributed by atoms with Crippen molar-refractivity contribution in [3.05, 3.63) is 18.2 Å². The largest absolute Gasteiger partial charge is 0.394 e. The second-order valence-electron chi connectivity index (χ2n) is 2.63. The Labute approximate surface area is 81.9 Å². The van der Waals surface area contributed by atoms with E-state index in [1.54, 1.807) is 6.92 Å². The van der Waals surface area contributed by atoms with Crippen LogP contribution in [0.2, 0.25) is 0 Å². The first-order chi connectivity index (χ1) is 6.46. The molecule has 0 aromatic carbocycles. The first-order valence-electron chi connectivity index (χ1n) is 3.88. The molecule has 0 aliphatic rings. The molecule has 0 saturated heterocycles. The zero-order valence-corrected chi connectivity index (χ0v) is 8.48. The van der Waals surface area contributed by atoms with Crippen LogP contribution >= 0.6 is 0 Å². The third kappa shape index (κ3) is 2.22.